The second-order valence-electron chi connectivity index (χ2n) is 5.12. The molecule has 1 rings (SSSR count). The maximum Gasteiger partial charge on any atom is 0.137 e. The quantitative estimate of drug-likeness (QED) is 0.733. The molecule has 0 saturated carbocycles. The fraction of sp³-hybridized carbons (Fsp3) is 0.600. The van der Waals surface area contributed by atoms with Crippen LogP contribution in [0.25, 0.3) is 0 Å². The van der Waals surface area contributed by atoms with Gasteiger partial charge in [-0.3, -0.25) is 0 Å². The molecule has 0 aliphatic heterocycles. The van der Waals surface area contributed by atoms with Crippen LogP contribution in [0, 0.1) is 11.7 Å². The van der Waals surface area contributed by atoms with Gasteiger partial charge in [-0.1, -0.05) is 40.2 Å². The van der Waals surface area contributed by atoms with Gasteiger partial charge in [0.25, 0.3) is 0 Å². The average Bonchev–Trinajstić information content (AvgIpc) is 2.34. The van der Waals surface area contributed by atoms with Gasteiger partial charge in [-0.05, 0) is 23.6 Å². The van der Waals surface area contributed by atoms with Crippen LogP contribution in [0.5, 0.6) is 0 Å². The van der Waals surface area contributed by atoms with Crippen LogP contribution in [0.1, 0.15) is 39.7 Å². The summed E-state index contributed by atoms with van der Waals surface area (Å²) in [6.07, 6.45) is 1.14. The minimum absolute atomic E-state index is 0.0913. The zero-order valence-corrected chi connectivity index (χ0v) is 12.6. The molecular formula is C15H24FNS. The molecule has 1 aromatic carbocycles. The van der Waals surface area contributed by atoms with Crippen molar-refractivity contribution < 1.29 is 4.39 Å². The Hall–Kier alpha value is -0.540. The Bertz CT molecular complexity index is 366. The van der Waals surface area contributed by atoms with E-state index in [1.807, 2.05) is 12.1 Å². The molecule has 0 saturated heterocycles. The van der Waals surface area contributed by atoms with Gasteiger partial charge in [0.15, 0.2) is 0 Å². The summed E-state index contributed by atoms with van der Waals surface area (Å²) in [5.74, 6) is 1.53. The summed E-state index contributed by atoms with van der Waals surface area (Å²) in [5.41, 5.74) is 1.01. The first-order valence-electron chi connectivity index (χ1n) is 6.67. The van der Waals surface area contributed by atoms with Crippen LogP contribution < -0.4 is 5.32 Å². The lowest BCUT2D eigenvalue weighted by Gasteiger charge is -2.11. The van der Waals surface area contributed by atoms with E-state index >= 15 is 0 Å². The van der Waals surface area contributed by atoms with Crippen LogP contribution >= 0.6 is 11.8 Å². The molecule has 3 heteroatoms. The SMILES string of the molecule is CCC(C)CSc1ccc(CNC(C)C)cc1F. The minimum Gasteiger partial charge on any atom is -0.310 e. The topological polar surface area (TPSA) is 12.0 Å². The third-order valence-electron chi connectivity index (χ3n) is 2.93. The monoisotopic (exact) mass is 269 g/mol. The fourth-order valence-corrected chi connectivity index (χ4v) is 2.50. The van der Waals surface area contributed by atoms with Crippen LogP contribution in [0.4, 0.5) is 4.39 Å². The molecule has 0 spiro atoms. The van der Waals surface area contributed by atoms with E-state index < -0.39 is 0 Å². The predicted octanol–water partition coefficient (Wildman–Crippen LogP) is 4.46. The van der Waals surface area contributed by atoms with Gasteiger partial charge in [0.1, 0.15) is 5.82 Å². The Morgan fingerprint density at radius 3 is 2.56 bits per heavy atom. The summed E-state index contributed by atoms with van der Waals surface area (Å²) in [5, 5.41) is 3.29. The summed E-state index contributed by atoms with van der Waals surface area (Å²) in [6.45, 7) is 9.28. The summed E-state index contributed by atoms with van der Waals surface area (Å²) in [6, 6.07) is 5.98. The molecule has 0 aliphatic rings. The van der Waals surface area contributed by atoms with Crippen molar-refractivity contribution in [3.8, 4) is 0 Å². The molecular weight excluding hydrogens is 245 g/mol. The Morgan fingerprint density at radius 2 is 2.00 bits per heavy atom. The van der Waals surface area contributed by atoms with Gasteiger partial charge in [0.2, 0.25) is 0 Å². The van der Waals surface area contributed by atoms with E-state index in [9.17, 15) is 4.39 Å². The molecule has 0 bridgehead atoms. The Morgan fingerprint density at radius 1 is 1.28 bits per heavy atom. The third kappa shape index (κ3) is 5.40. The van der Waals surface area contributed by atoms with Crippen molar-refractivity contribution in [2.45, 2.75) is 51.6 Å². The number of hydrogen-bond acceptors (Lipinski definition) is 2. The van der Waals surface area contributed by atoms with Gasteiger partial charge in [-0.2, -0.15) is 0 Å². The van der Waals surface area contributed by atoms with Crippen molar-refractivity contribution in [2.75, 3.05) is 5.75 Å². The van der Waals surface area contributed by atoms with Gasteiger partial charge in [-0.25, -0.2) is 4.39 Å². The largest absolute Gasteiger partial charge is 0.310 e. The van der Waals surface area contributed by atoms with E-state index in [1.165, 1.54) is 0 Å². The number of hydrogen-bond donors (Lipinski definition) is 1. The smallest absolute Gasteiger partial charge is 0.137 e. The lowest BCUT2D eigenvalue weighted by Crippen LogP contribution is -2.21. The van der Waals surface area contributed by atoms with Crippen molar-refractivity contribution in [3.05, 3.63) is 29.6 Å². The summed E-state index contributed by atoms with van der Waals surface area (Å²) in [4.78, 5) is 0.767. The first-order valence-corrected chi connectivity index (χ1v) is 7.66. The number of halogens is 1. The zero-order valence-electron chi connectivity index (χ0n) is 11.8. The van der Waals surface area contributed by atoms with Crippen molar-refractivity contribution in [3.63, 3.8) is 0 Å². The summed E-state index contributed by atoms with van der Waals surface area (Å²) < 4.78 is 13.9. The molecule has 0 aliphatic carbocycles. The predicted molar refractivity (Wildman–Crippen MR) is 78.6 cm³/mol. The van der Waals surface area contributed by atoms with Crippen LogP contribution in [0.15, 0.2) is 23.1 Å². The molecule has 0 radical (unpaired) electrons. The first-order chi connectivity index (χ1) is 8.52. The highest BCUT2D eigenvalue weighted by Gasteiger charge is 2.07. The normalized spacial score (nSPS) is 13.0. The van der Waals surface area contributed by atoms with Crippen LogP contribution in [-0.4, -0.2) is 11.8 Å². The molecule has 0 fully saturated rings. The van der Waals surface area contributed by atoms with Crippen LogP contribution in [0.2, 0.25) is 0 Å². The van der Waals surface area contributed by atoms with Gasteiger partial charge >= 0.3 is 0 Å². The maximum atomic E-state index is 13.9. The Kier molecular flexibility index (Phi) is 6.72. The molecule has 1 atom stereocenters. The molecule has 0 amide bonds. The zero-order chi connectivity index (χ0) is 13.5. The van der Waals surface area contributed by atoms with Gasteiger partial charge in [0.05, 0.1) is 0 Å². The second kappa shape index (κ2) is 7.80. The van der Waals surface area contributed by atoms with Crippen molar-refractivity contribution >= 4 is 11.8 Å². The first kappa shape index (κ1) is 15.5. The highest BCUT2D eigenvalue weighted by atomic mass is 32.2. The van der Waals surface area contributed by atoms with Gasteiger partial charge < -0.3 is 5.32 Å². The highest BCUT2D eigenvalue weighted by molar-refractivity contribution is 7.99. The van der Waals surface area contributed by atoms with E-state index in [4.69, 9.17) is 0 Å². The second-order valence-corrected chi connectivity index (χ2v) is 6.19. The molecule has 1 nitrogen and oxygen atoms in total. The van der Waals surface area contributed by atoms with Gasteiger partial charge in [-0.15, -0.1) is 11.8 Å². The molecule has 18 heavy (non-hydrogen) atoms. The van der Waals surface area contributed by atoms with Crippen molar-refractivity contribution in [1.82, 2.24) is 5.32 Å². The molecule has 1 N–H and O–H groups in total. The van der Waals surface area contributed by atoms with E-state index in [-0.39, 0.29) is 5.82 Å². The highest BCUT2D eigenvalue weighted by Crippen LogP contribution is 2.25. The van der Waals surface area contributed by atoms with Crippen LogP contribution in [-0.2, 0) is 6.54 Å². The van der Waals surface area contributed by atoms with Crippen molar-refractivity contribution in [2.24, 2.45) is 5.92 Å². The average molecular weight is 269 g/mol. The maximum absolute atomic E-state index is 13.9. The molecule has 1 aromatic rings. The fourth-order valence-electron chi connectivity index (χ4n) is 1.44. The molecule has 1 unspecified atom stereocenters. The number of rotatable bonds is 7. The van der Waals surface area contributed by atoms with Gasteiger partial charge in [0, 0.05) is 23.2 Å². The minimum atomic E-state index is -0.0913. The van der Waals surface area contributed by atoms with E-state index in [2.05, 4.69) is 33.0 Å². The Balaban J connectivity index is 2.56. The van der Waals surface area contributed by atoms with Crippen LogP contribution in [0.3, 0.4) is 0 Å². The van der Waals surface area contributed by atoms with E-state index in [0.717, 1.165) is 29.2 Å². The lowest BCUT2D eigenvalue weighted by atomic mass is 10.2. The lowest BCUT2D eigenvalue weighted by molar-refractivity contribution is 0.573. The standard InChI is InChI=1S/C15H24FNS/c1-5-12(4)10-18-15-7-6-13(8-14(15)16)9-17-11(2)3/h6-8,11-12,17H,5,9-10H2,1-4H3. The molecule has 0 aromatic heterocycles. The Labute approximate surface area is 115 Å². The third-order valence-corrected chi connectivity index (χ3v) is 4.31. The van der Waals surface area contributed by atoms with Crippen molar-refractivity contribution in [1.29, 1.82) is 0 Å². The van der Waals surface area contributed by atoms with E-state index in [0.29, 0.717) is 12.0 Å². The number of benzene rings is 1. The number of thioether (sulfide) groups is 1. The van der Waals surface area contributed by atoms with E-state index in [1.54, 1.807) is 17.8 Å². The molecule has 0 heterocycles. The summed E-state index contributed by atoms with van der Waals surface area (Å²) in [7, 11) is 0. The molecule has 102 valence electrons. The summed E-state index contributed by atoms with van der Waals surface area (Å²) >= 11 is 1.62. The number of nitrogens with one attached hydrogen (secondary N) is 1.